The lowest BCUT2D eigenvalue weighted by Crippen LogP contribution is -2.39. The van der Waals surface area contributed by atoms with E-state index in [-0.39, 0.29) is 42.9 Å². The summed E-state index contributed by atoms with van der Waals surface area (Å²) in [4.78, 5) is 15.4. The summed E-state index contributed by atoms with van der Waals surface area (Å²) in [5.74, 6) is 1.44. The molecule has 23 heavy (non-hydrogen) atoms. The van der Waals surface area contributed by atoms with Crippen LogP contribution in [0.25, 0.3) is 0 Å². The standard InChI is InChI=1S/C15H25N3O4.HI/c1-5-16-14(17-9-8-13(19)21-4)18-10-15(3,20)12-7-6-11(2)22-12;/h6-7,20H,5,8-10H2,1-4H3,(H2,16,17,18);1H. The van der Waals surface area contributed by atoms with Crippen molar-refractivity contribution < 1.29 is 19.1 Å². The number of aliphatic imine (C=N–C) groups is 1. The lowest BCUT2D eigenvalue weighted by atomic mass is 10.0. The van der Waals surface area contributed by atoms with Gasteiger partial charge in [0.15, 0.2) is 5.96 Å². The second-order valence-corrected chi connectivity index (χ2v) is 5.13. The summed E-state index contributed by atoms with van der Waals surface area (Å²) in [5.41, 5.74) is -1.20. The molecule has 1 aromatic rings. The van der Waals surface area contributed by atoms with Gasteiger partial charge in [-0.3, -0.25) is 4.79 Å². The highest BCUT2D eigenvalue weighted by Gasteiger charge is 2.26. The lowest BCUT2D eigenvalue weighted by Gasteiger charge is -2.19. The number of guanidine groups is 1. The molecule has 132 valence electrons. The van der Waals surface area contributed by atoms with Gasteiger partial charge in [0.1, 0.15) is 17.1 Å². The number of carbonyl (C=O) groups excluding carboxylic acids is 1. The van der Waals surface area contributed by atoms with E-state index >= 15 is 0 Å². The number of furan rings is 1. The third kappa shape index (κ3) is 7.69. The number of ether oxygens (including phenoxy) is 1. The first-order chi connectivity index (χ1) is 10.4. The summed E-state index contributed by atoms with van der Waals surface area (Å²) in [6.07, 6.45) is 0.245. The number of aliphatic hydroxyl groups is 1. The van der Waals surface area contributed by atoms with Gasteiger partial charge in [-0.2, -0.15) is 0 Å². The zero-order valence-electron chi connectivity index (χ0n) is 14.0. The molecule has 0 fully saturated rings. The van der Waals surface area contributed by atoms with Crippen molar-refractivity contribution in [3.05, 3.63) is 23.7 Å². The maximum absolute atomic E-state index is 11.1. The topological polar surface area (TPSA) is 96.1 Å². The Balaban J connectivity index is 0.00000484. The van der Waals surface area contributed by atoms with Crippen LogP contribution in [-0.4, -0.2) is 43.8 Å². The van der Waals surface area contributed by atoms with Gasteiger partial charge in [-0.15, -0.1) is 24.0 Å². The smallest absolute Gasteiger partial charge is 0.307 e. The van der Waals surface area contributed by atoms with Crippen molar-refractivity contribution in [2.45, 2.75) is 32.8 Å². The Morgan fingerprint density at radius 2 is 2.13 bits per heavy atom. The lowest BCUT2D eigenvalue weighted by molar-refractivity contribution is -0.140. The minimum Gasteiger partial charge on any atom is -0.469 e. The first-order valence-electron chi connectivity index (χ1n) is 7.27. The molecule has 0 radical (unpaired) electrons. The van der Waals surface area contributed by atoms with Gasteiger partial charge in [0.05, 0.1) is 20.1 Å². The second kappa shape index (κ2) is 10.5. The van der Waals surface area contributed by atoms with Crippen LogP contribution in [0.4, 0.5) is 0 Å². The molecule has 8 heteroatoms. The van der Waals surface area contributed by atoms with Crippen molar-refractivity contribution in [1.82, 2.24) is 10.6 Å². The molecule has 0 aliphatic carbocycles. The highest BCUT2D eigenvalue weighted by atomic mass is 127. The molecule has 1 aromatic heterocycles. The quantitative estimate of drug-likeness (QED) is 0.258. The number of carbonyl (C=O) groups is 1. The number of hydrogen-bond acceptors (Lipinski definition) is 5. The maximum atomic E-state index is 11.1. The number of esters is 1. The fourth-order valence-corrected chi connectivity index (χ4v) is 1.76. The van der Waals surface area contributed by atoms with Gasteiger partial charge >= 0.3 is 5.97 Å². The van der Waals surface area contributed by atoms with E-state index < -0.39 is 5.60 Å². The molecule has 0 bridgehead atoms. The minimum atomic E-state index is -1.20. The SMILES string of the molecule is CCNC(=NCC(C)(O)c1ccc(C)o1)NCCC(=O)OC.I. The number of halogens is 1. The van der Waals surface area contributed by atoms with Crippen molar-refractivity contribution in [3.8, 4) is 0 Å². The third-order valence-corrected chi connectivity index (χ3v) is 3.01. The second-order valence-electron chi connectivity index (χ2n) is 5.13. The van der Waals surface area contributed by atoms with Crippen LogP contribution in [-0.2, 0) is 15.1 Å². The first-order valence-corrected chi connectivity index (χ1v) is 7.27. The number of nitrogens with one attached hydrogen (secondary N) is 2. The van der Waals surface area contributed by atoms with Crippen molar-refractivity contribution in [2.75, 3.05) is 26.7 Å². The van der Waals surface area contributed by atoms with E-state index in [9.17, 15) is 9.90 Å². The molecule has 3 N–H and O–H groups in total. The van der Waals surface area contributed by atoms with Crippen LogP contribution in [0, 0.1) is 6.92 Å². The summed E-state index contributed by atoms with van der Waals surface area (Å²) in [6.45, 7) is 6.61. The molecule has 0 aliphatic rings. The molecular formula is C15H26IN3O4. The summed E-state index contributed by atoms with van der Waals surface area (Å²) >= 11 is 0. The summed E-state index contributed by atoms with van der Waals surface area (Å²) in [7, 11) is 1.35. The molecule has 0 aromatic carbocycles. The van der Waals surface area contributed by atoms with Crippen LogP contribution < -0.4 is 10.6 Å². The molecule has 1 heterocycles. The Morgan fingerprint density at radius 3 is 2.65 bits per heavy atom. The molecule has 0 aliphatic heterocycles. The monoisotopic (exact) mass is 439 g/mol. The predicted molar refractivity (Wildman–Crippen MR) is 99.0 cm³/mol. The van der Waals surface area contributed by atoms with E-state index in [4.69, 9.17) is 4.42 Å². The number of methoxy groups -OCH3 is 1. The molecule has 0 saturated carbocycles. The van der Waals surface area contributed by atoms with E-state index in [1.54, 1.807) is 19.1 Å². The average Bonchev–Trinajstić information content (AvgIpc) is 2.92. The largest absolute Gasteiger partial charge is 0.469 e. The van der Waals surface area contributed by atoms with Gasteiger partial charge in [-0.1, -0.05) is 0 Å². The Kier molecular flexibility index (Phi) is 9.89. The molecule has 0 spiro atoms. The van der Waals surface area contributed by atoms with Gasteiger partial charge in [0.2, 0.25) is 0 Å². The predicted octanol–water partition coefficient (Wildman–Crippen LogP) is 1.53. The Labute approximate surface area is 153 Å². The van der Waals surface area contributed by atoms with Crippen molar-refractivity contribution in [2.24, 2.45) is 4.99 Å². The van der Waals surface area contributed by atoms with Crippen LogP contribution in [0.5, 0.6) is 0 Å². The fourth-order valence-electron chi connectivity index (χ4n) is 1.76. The summed E-state index contributed by atoms with van der Waals surface area (Å²) < 4.78 is 10.0. The van der Waals surface area contributed by atoms with E-state index in [1.165, 1.54) is 7.11 Å². The minimum absolute atomic E-state index is 0. The van der Waals surface area contributed by atoms with E-state index in [2.05, 4.69) is 20.4 Å². The van der Waals surface area contributed by atoms with Gasteiger partial charge in [0, 0.05) is 13.1 Å². The average molecular weight is 439 g/mol. The Hall–Kier alpha value is -1.29. The first kappa shape index (κ1) is 21.7. The van der Waals surface area contributed by atoms with Crippen LogP contribution in [0.15, 0.2) is 21.5 Å². The van der Waals surface area contributed by atoms with Crippen molar-refractivity contribution in [3.63, 3.8) is 0 Å². The number of rotatable bonds is 7. The number of hydrogen-bond donors (Lipinski definition) is 3. The van der Waals surface area contributed by atoms with Gasteiger partial charge in [-0.25, -0.2) is 4.99 Å². The maximum Gasteiger partial charge on any atom is 0.307 e. The van der Waals surface area contributed by atoms with Crippen molar-refractivity contribution >= 4 is 35.9 Å². The van der Waals surface area contributed by atoms with Crippen LogP contribution in [0.3, 0.4) is 0 Å². The normalized spacial score (nSPS) is 13.7. The van der Waals surface area contributed by atoms with E-state index in [0.29, 0.717) is 24.8 Å². The molecule has 1 rings (SSSR count). The molecule has 0 amide bonds. The molecule has 7 nitrogen and oxygen atoms in total. The zero-order valence-corrected chi connectivity index (χ0v) is 16.3. The van der Waals surface area contributed by atoms with Crippen LogP contribution in [0.2, 0.25) is 0 Å². The van der Waals surface area contributed by atoms with Gasteiger partial charge in [-0.05, 0) is 32.9 Å². The van der Waals surface area contributed by atoms with E-state index in [0.717, 1.165) is 5.76 Å². The van der Waals surface area contributed by atoms with Gasteiger partial charge < -0.3 is 24.9 Å². The van der Waals surface area contributed by atoms with Crippen LogP contribution in [0.1, 0.15) is 31.8 Å². The van der Waals surface area contributed by atoms with E-state index in [1.807, 2.05) is 13.8 Å². The Bertz CT molecular complexity index is 515. The molecular weight excluding hydrogens is 413 g/mol. The number of aryl methyl sites for hydroxylation is 1. The van der Waals surface area contributed by atoms with Gasteiger partial charge in [0.25, 0.3) is 0 Å². The fraction of sp³-hybridized carbons (Fsp3) is 0.600. The van der Waals surface area contributed by atoms with Crippen molar-refractivity contribution in [1.29, 1.82) is 0 Å². The zero-order chi connectivity index (χ0) is 16.6. The highest BCUT2D eigenvalue weighted by molar-refractivity contribution is 14.0. The molecule has 1 atom stereocenters. The summed E-state index contributed by atoms with van der Waals surface area (Å²) in [5, 5.41) is 16.5. The Morgan fingerprint density at radius 1 is 1.43 bits per heavy atom. The third-order valence-electron chi connectivity index (χ3n) is 3.01. The number of nitrogens with zero attached hydrogens (tertiary/aromatic N) is 1. The molecule has 0 saturated heterocycles. The van der Waals surface area contributed by atoms with Crippen LogP contribution >= 0.6 is 24.0 Å². The molecule has 1 unspecified atom stereocenters. The summed E-state index contributed by atoms with van der Waals surface area (Å²) in [6, 6.07) is 3.54. The highest BCUT2D eigenvalue weighted by Crippen LogP contribution is 2.22.